The molecule has 1 N–H and O–H groups in total. The standard InChI is InChI=1S/C14H16O3/c1-9-7-11(5-6-13(9)17-2)12(8-14(15)16)10-3-4-10/h5-8,10H,3-4H2,1-2H3,(H,15,16)/b12-8+. The molecule has 1 aliphatic rings. The number of hydrogen-bond acceptors (Lipinski definition) is 2. The Morgan fingerprint density at radius 2 is 2.18 bits per heavy atom. The molecule has 1 aromatic rings. The van der Waals surface area contributed by atoms with Gasteiger partial charge in [-0.15, -0.1) is 0 Å². The van der Waals surface area contributed by atoms with Crippen LogP contribution in [0.2, 0.25) is 0 Å². The lowest BCUT2D eigenvalue weighted by atomic mass is 9.99. The largest absolute Gasteiger partial charge is 0.496 e. The van der Waals surface area contributed by atoms with Crippen LogP contribution >= 0.6 is 0 Å². The maximum atomic E-state index is 10.8. The summed E-state index contributed by atoms with van der Waals surface area (Å²) in [6.07, 6.45) is 3.51. The maximum absolute atomic E-state index is 10.8. The zero-order valence-corrected chi connectivity index (χ0v) is 10.1. The molecule has 0 radical (unpaired) electrons. The van der Waals surface area contributed by atoms with Gasteiger partial charge >= 0.3 is 5.97 Å². The molecule has 0 atom stereocenters. The first-order chi connectivity index (χ1) is 8.11. The number of hydrogen-bond donors (Lipinski definition) is 1. The highest BCUT2D eigenvalue weighted by molar-refractivity contribution is 5.91. The molecule has 0 aliphatic heterocycles. The fourth-order valence-electron chi connectivity index (χ4n) is 2.02. The van der Waals surface area contributed by atoms with Crippen LogP contribution in [0.3, 0.4) is 0 Å². The molecule has 0 spiro atoms. The predicted molar refractivity (Wildman–Crippen MR) is 66.1 cm³/mol. The molecule has 3 heteroatoms. The van der Waals surface area contributed by atoms with Crippen molar-refractivity contribution in [2.75, 3.05) is 7.11 Å². The maximum Gasteiger partial charge on any atom is 0.328 e. The molecule has 1 saturated carbocycles. The average molecular weight is 232 g/mol. The first-order valence-corrected chi connectivity index (χ1v) is 5.71. The summed E-state index contributed by atoms with van der Waals surface area (Å²) in [6, 6.07) is 5.81. The van der Waals surface area contributed by atoms with Crippen LogP contribution in [0.1, 0.15) is 24.0 Å². The van der Waals surface area contributed by atoms with E-state index in [0.29, 0.717) is 5.92 Å². The van der Waals surface area contributed by atoms with Crippen molar-refractivity contribution in [2.45, 2.75) is 19.8 Å². The number of allylic oxidation sites excluding steroid dienone is 1. The number of aliphatic carboxylic acids is 1. The minimum atomic E-state index is -0.875. The van der Waals surface area contributed by atoms with Crippen LogP contribution in [0, 0.1) is 12.8 Å². The van der Waals surface area contributed by atoms with Gasteiger partial charge in [-0.25, -0.2) is 4.79 Å². The predicted octanol–water partition coefficient (Wildman–Crippen LogP) is 2.88. The molecule has 0 aromatic heterocycles. The summed E-state index contributed by atoms with van der Waals surface area (Å²) in [6.45, 7) is 1.97. The summed E-state index contributed by atoms with van der Waals surface area (Å²) in [5.41, 5.74) is 2.96. The molecular weight excluding hydrogens is 216 g/mol. The van der Waals surface area contributed by atoms with Crippen LogP contribution in [0.25, 0.3) is 5.57 Å². The molecule has 0 heterocycles. The van der Waals surface area contributed by atoms with Gasteiger partial charge in [-0.3, -0.25) is 0 Å². The number of carbonyl (C=O) groups is 1. The summed E-state index contributed by atoms with van der Waals surface area (Å²) in [5.74, 6) is 0.374. The van der Waals surface area contributed by atoms with E-state index in [1.807, 2.05) is 25.1 Å². The number of aryl methyl sites for hydroxylation is 1. The minimum Gasteiger partial charge on any atom is -0.496 e. The Hall–Kier alpha value is -1.77. The van der Waals surface area contributed by atoms with E-state index in [1.165, 1.54) is 6.08 Å². The van der Waals surface area contributed by atoms with Gasteiger partial charge in [0.1, 0.15) is 5.75 Å². The van der Waals surface area contributed by atoms with Gasteiger partial charge in [0.25, 0.3) is 0 Å². The topological polar surface area (TPSA) is 46.5 Å². The van der Waals surface area contributed by atoms with Gasteiger partial charge in [0, 0.05) is 6.08 Å². The first-order valence-electron chi connectivity index (χ1n) is 5.71. The van der Waals surface area contributed by atoms with Gasteiger partial charge < -0.3 is 9.84 Å². The molecule has 0 bridgehead atoms. The van der Waals surface area contributed by atoms with Gasteiger partial charge in [0.15, 0.2) is 0 Å². The van der Waals surface area contributed by atoms with E-state index in [4.69, 9.17) is 9.84 Å². The Balaban J connectivity index is 2.37. The molecule has 1 aliphatic carbocycles. The number of methoxy groups -OCH3 is 1. The Kier molecular flexibility index (Phi) is 3.18. The van der Waals surface area contributed by atoms with E-state index in [1.54, 1.807) is 7.11 Å². The molecule has 0 unspecified atom stereocenters. The van der Waals surface area contributed by atoms with Gasteiger partial charge in [-0.2, -0.15) is 0 Å². The number of benzene rings is 1. The second kappa shape index (κ2) is 4.62. The summed E-state index contributed by atoms with van der Waals surface area (Å²) in [4.78, 5) is 10.8. The van der Waals surface area contributed by atoms with Crippen LogP contribution in [0.4, 0.5) is 0 Å². The van der Waals surface area contributed by atoms with Crippen molar-refractivity contribution in [2.24, 2.45) is 5.92 Å². The third kappa shape index (κ3) is 2.67. The second-order valence-electron chi connectivity index (χ2n) is 4.40. The minimum absolute atomic E-state index is 0.416. The third-order valence-corrected chi connectivity index (χ3v) is 3.02. The molecule has 3 nitrogen and oxygen atoms in total. The number of ether oxygens (including phenoxy) is 1. The molecular formula is C14H16O3. The quantitative estimate of drug-likeness (QED) is 0.812. The summed E-state index contributed by atoms with van der Waals surface area (Å²) >= 11 is 0. The molecule has 1 aromatic carbocycles. The van der Waals surface area contributed by atoms with Crippen molar-refractivity contribution in [1.29, 1.82) is 0 Å². The van der Waals surface area contributed by atoms with Crippen molar-refractivity contribution >= 4 is 11.5 Å². The lowest BCUT2D eigenvalue weighted by Gasteiger charge is -2.09. The Morgan fingerprint density at radius 3 is 2.65 bits per heavy atom. The third-order valence-electron chi connectivity index (χ3n) is 3.02. The fraction of sp³-hybridized carbons (Fsp3) is 0.357. The molecule has 0 amide bonds. The van der Waals surface area contributed by atoms with Gasteiger partial charge in [0.05, 0.1) is 7.11 Å². The average Bonchev–Trinajstić information content (AvgIpc) is 3.09. The summed E-state index contributed by atoms with van der Waals surface area (Å²) in [5, 5.41) is 8.89. The monoisotopic (exact) mass is 232 g/mol. The zero-order valence-electron chi connectivity index (χ0n) is 10.1. The van der Waals surface area contributed by atoms with E-state index in [2.05, 4.69) is 0 Å². The Bertz CT molecular complexity index is 470. The second-order valence-corrected chi connectivity index (χ2v) is 4.40. The zero-order chi connectivity index (χ0) is 12.4. The van der Waals surface area contributed by atoms with Crippen LogP contribution in [0.15, 0.2) is 24.3 Å². The lowest BCUT2D eigenvalue weighted by molar-refractivity contribution is -0.131. The van der Waals surface area contributed by atoms with Crippen molar-refractivity contribution < 1.29 is 14.6 Å². The SMILES string of the molecule is COc1ccc(/C(=C/C(=O)O)C2CC2)cc1C. The van der Waals surface area contributed by atoms with Crippen molar-refractivity contribution in [1.82, 2.24) is 0 Å². The Morgan fingerprint density at radius 1 is 1.47 bits per heavy atom. The van der Waals surface area contributed by atoms with Crippen LogP contribution < -0.4 is 4.74 Å². The van der Waals surface area contributed by atoms with Gasteiger partial charge in [0.2, 0.25) is 0 Å². The van der Waals surface area contributed by atoms with Crippen LogP contribution in [0.5, 0.6) is 5.75 Å². The number of rotatable bonds is 4. The molecule has 2 rings (SSSR count). The van der Waals surface area contributed by atoms with E-state index >= 15 is 0 Å². The van der Waals surface area contributed by atoms with Crippen molar-refractivity contribution in [3.8, 4) is 5.75 Å². The van der Waals surface area contributed by atoms with Crippen molar-refractivity contribution in [3.63, 3.8) is 0 Å². The van der Waals surface area contributed by atoms with E-state index < -0.39 is 5.97 Å². The van der Waals surface area contributed by atoms with E-state index in [0.717, 1.165) is 35.3 Å². The van der Waals surface area contributed by atoms with Crippen LogP contribution in [-0.2, 0) is 4.79 Å². The molecule has 0 saturated heterocycles. The fourth-order valence-corrected chi connectivity index (χ4v) is 2.02. The van der Waals surface area contributed by atoms with E-state index in [9.17, 15) is 4.79 Å². The Labute approximate surface area is 101 Å². The molecule has 1 fully saturated rings. The smallest absolute Gasteiger partial charge is 0.328 e. The summed E-state index contributed by atoms with van der Waals surface area (Å²) in [7, 11) is 1.64. The highest BCUT2D eigenvalue weighted by Gasteiger charge is 2.27. The summed E-state index contributed by atoms with van der Waals surface area (Å²) < 4.78 is 5.20. The number of carboxylic acid groups (broad SMARTS) is 1. The van der Waals surface area contributed by atoms with Gasteiger partial charge in [-0.05, 0) is 54.5 Å². The van der Waals surface area contributed by atoms with E-state index in [-0.39, 0.29) is 0 Å². The highest BCUT2D eigenvalue weighted by atomic mass is 16.5. The first kappa shape index (κ1) is 11.7. The van der Waals surface area contributed by atoms with Crippen molar-refractivity contribution in [3.05, 3.63) is 35.4 Å². The normalized spacial score (nSPS) is 15.8. The number of carboxylic acids is 1. The molecule has 90 valence electrons. The van der Waals surface area contributed by atoms with Gasteiger partial charge in [-0.1, -0.05) is 6.07 Å². The highest BCUT2D eigenvalue weighted by Crippen LogP contribution is 2.42. The molecule has 17 heavy (non-hydrogen) atoms. The lowest BCUT2D eigenvalue weighted by Crippen LogP contribution is -1.96. The van der Waals surface area contributed by atoms with Crippen LogP contribution in [-0.4, -0.2) is 18.2 Å².